The van der Waals surface area contributed by atoms with Gasteiger partial charge in [-0.2, -0.15) is 0 Å². The standard InChI is InChI=1S/7BH3O3.K.H/c7*2-1(3)4;;/h7*2-4H;;. The Morgan fingerprint density at radius 3 is 0.172 bits per heavy atom. The van der Waals surface area contributed by atoms with Crippen LogP contribution in [0.4, 0.5) is 0 Å². The summed E-state index contributed by atoms with van der Waals surface area (Å²) in [4.78, 5) is 0. The van der Waals surface area contributed by atoms with E-state index in [1.54, 1.807) is 0 Å². The van der Waals surface area contributed by atoms with Crippen molar-refractivity contribution in [2.75, 3.05) is 0 Å². The summed E-state index contributed by atoms with van der Waals surface area (Å²) < 4.78 is 0. The molecule has 0 bridgehead atoms. The van der Waals surface area contributed by atoms with Crippen molar-refractivity contribution < 1.29 is 106 Å². The third-order valence-corrected chi connectivity index (χ3v) is 0. The summed E-state index contributed by atoms with van der Waals surface area (Å²) in [5.74, 6) is 0. The third kappa shape index (κ3) is 13900. The van der Waals surface area contributed by atoms with Crippen LogP contribution in [0.5, 0.6) is 0 Å². The van der Waals surface area contributed by atoms with Crippen LogP contribution in [-0.2, 0) is 0 Å². The molecule has 29 heteroatoms. The maximum atomic E-state index is 7.17. The summed E-state index contributed by atoms with van der Waals surface area (Å²) in [7, 11) is -15.2. The van der Waals surface area contributed by atoms with Gasteiger partial charge in [0.05, 0.1) is 0 Å². The summed E-state index contributed by atoms with van der Waals surface area (Å²) in [5, 5.41) is 150. The van der Waals surface area contributed by atoms with Gasteiger partial charge < -0.3 is 106 Å². The van der Waals surface area contributed by atoms with Crippen LogP contribution in [0.15, 0.2) is 0 Å². The first-order chi connectivity index (χ1) is 12.1. The van der Waals surface area contributed by atoms with E-state index < -0.39 is 51.2 Å². The van der Waals surface area contributed by atoms with E-state index in [0.29, 0.717) is 0 Å². The molecule has 21 N–H and O–H groups in total. The van der Waals surface area contributed by atoms with Gasteiger partial charge in [-0.15, -0.1) is 0 Å². The molecule has 0 aliphatic carbocycles. The SMILES string of the molecule is OB(O)O.OB(O)O.OB(O)O.OB(O)O.OB(O)O.OB(O)O.OB(O)O.[KH]. The average Bonchev–Trinajstić information content (AvgIpc) is 2.20. The fourth-order valence-electron chi connectivity index (χ4n) is 0. The van der Waals surface area contributed by atoms with Gasteiger partial charge in [0.1, 0.15) is 0 Å². The molecular formula is H22B7KO21. The number of hydrogen-bond donors (Lipinski definition) is 21. The molecule has 0 saturated carbocycles. The molecular weight excluding hydrogens is 451 g/mol. The minimum atomic E-state index is -2.17. The van der Waals surface area contributed by atoms with Crippen LogP contribution in [0, 0.1) is 0 Å². The zero-order valence-electron chi connectivity index (χ0n) is 13.4. The molecule has 0 aliphatic rings. The van der Waals surface area contributed by atoms with Crippen molar-refractivity contribution in [2.45, 2.75) is 0 Å². The summed E-state index contributed by atoms with van der Waals surface area (Å²) in [6.07, 6.45) is 0. The zero-order valence-corrected chi connectivity index (χ0v) is 13.4. The van der Waals surface area contributed by atoms with Crippen molar-refractivity contribution in [3.05, 3.63) is 0 Å². The van der Waals surface area contributed by atoms with Crippen molar-refractivity contribution in [2.24, 2.45) is 0 Å². The van der Waals surface area contributed by atoms with Crippen LogP contribution in [0.3, 0.4) is 0 Å². The van der Waals surface area contributed by atoms with E-state index in [1.807, 2.05) is 0 Å². The van der Waals surface area contributed by atoms with E-state index >= 15 is 0 Å². The van der Waals surface area contributed by atoms with E-state index in [2.05, 4.69) is 0 Å². The first kappa shape index (κ1) is 52.3. The Balaban J connectivity index is -0.0000000294. The predicted octanol–water partition coefficient (Wildman–Crippen LogP) is -15.0. The second-order valence-corrected chi connectivity index (χ2v) is 2.42. The molecule has 0 aromatic rings. The molecule has 0 aromatic carbocycles. The Kier molecular flexibility index (Phi) is 85.0. The van der Waals surface area contributed by atoms with Crippen LogP contribution in [0.25, 0.3) is 0 Å². The first-order valence-corrected chi connectivity index (χ1v) is 5.42. The molecule has 0 aromatic heterocycles. The molecule has 0 atom stereocenters. The molecule has 0 aliphatic heterocycles. The van der Waals surface area contributed by atoms with Crippen molar-refractivity contribution in [3.63, 3.8) is 0 Å². The minimum absolute atomic E-state index is 0. The molecule has 21 nitrogen and oxygen atoms in total. The molecule has 0 radical (unpaired) electrons. The monoisotopic (exact) mass is 474 g/mol. The summed E-state index contributed by atoms with van der Waals surface area (Å²) in [6.45, 7) is 0. The van der Waals surface area contributed by atoms with E-state index in [4.69, 9.17) is 106 Å². The van der Waals surface area contributed by atoms with Gasteiger partial charge >= 0.3 is 103 Å². The summed E-state index contributed by atoms with van der Waals surface area (Å²) in [6, 6.07) is 0. The normalized spacial score (nSPS) is 6.52. The Morgan fingerprint density at radius 1 is 0.172 bits per heavy atom. The van der Waals surface area contributed by atoms with Crippen LogP contribution >= 0.6 is 0 Å². The van der Waals surface area contributed by atoms with Gasteiger partial charge in [0.25, 0.3) is 0 Å². The third-order valence-electron chi connectivity index (χ3n) is 0. The van der Waals surface area contributed by atoms with Crippen LogP contribution < -0.4 is 0 Å². The van der Waals surface area contributed by atoms with E-state index in [1.165, 1.54) is 0 Å². The number of rotatable bonds is 0. The molecule has 0 saturated heterocycles. The van der Waals surface area contributed by atoms with Crippen molar-refractivity contribution in [1.82, 2.24) is 0 Å². The van der Waals surface area contributed by atoms with Crippen molar-refractivity contribution in [1.29, 1.82) is 0 Å². The Labute approximate surface area is 207 Å². The fourth-order valence-corrected chi connectivity index (χ4v) is 0. The Morgan fingerprint density at radius 2 is 0.172 bits per heavy atom. The Bertz CT molecular complexity index is 121. The van der Waals surface area contributed by atoms with E-state index in [-0.39, 0.29) is 51.4 Å². The molecule has 29 heavy (non-hydrogen) atoms. The Hall–Kier alpha value is 1.25. The summed E-state index contributed by atoms with van der Waals surface area (Å²) in [5.41, 5.74) is 0. The van der Waals surface area contributed by atoms with Gasteiger partial charge in [-0.1, -0.05) is 0 Å². The van der Waals surface area contributed by atoms with Gasteiger partial charge in [-0.25, -0.2) is 0 Å². The molecule has 0 fully saturated rings. The molecule has 0 unspecified atom stereocenters. The number of hydrogen-bond acceptors (Lipinski definition) is 21. The van der Waals surface area contributed by atoms with Gasteiger partial charge in [-0.3, -0.25) is 0 Å². The second-order valence-electron chi connectivity index (χ2n) is 2.42. The first-order valence-electron chi connectivity index (χ1n) is 5.42. The topological polar surface area (TPSA) is 425 Å². The van der Waals surface area contributed by atoms with Crippen LogP contribution in [0.2, 0.25) is 0 Å². The predicted molar refractivity (Wildman–Crippen MR) is 94.0 cm³/mol. The average molecular weight is 473 g/mol. The second kappa shape index (κ2) is 47.2. The van der Waals surface area contributed by atoms with E-state index in [9.17, 15) is 0 Å². The molecule has 0 heterocycles. The quantitative estimate of drug-likeness (QED) is 0.145. The van der Waals surface area contributed by atoms with Gasteiger partial charge in [-0.05, 0) is 0 Å². The summed E-state index contributed by atoms with van der Waals surface area (Å²) >= 11 is 0. The maximum absolute atomic E-state index is 7.17. The van der Waals surface area contributed by atoms with E-state index in [0.717, 1.165) is 0 Å². The van der Waals surface area contributed by atoms with Crippen molar-refractivity contribution >= 4 is 103 Å². The molecule has 0 amide bonds. The molecule has 170 valence electrons. The van der Waals surface area contributed by atoms with Crippen molar-refractivity contribution in [3.8, 4) is 0 Å². The molecule has 0 spiro atoms. The van der Waals surface area contributed by atoms with Crippen LogP contribution in [0.1, 0.15) is 0 Å². The van der Waals surface area contributed by atoms with Crippen LogP contribution in [-0.4, -0.2) is 208 Å². The molecule has 0 rings (SSSR count). The fraction of sp³-hybridized carbons (Fsp3) is 0. The zero-order chi connectivity index (χ0) is 25.0. The van der Waals surface area contributed by atoms with Gasteiger partial charge in [0, 0.05) is 0 Å². The van der Waals surface area contributed by atoms with Gasteiger partial charge in [0.15, 0.2) is 0 Å². The van der Waals surface area contributed by atoms with Gasteiger partial charge in [0.2, 0.25) is 0 Å².